The van der Waals surface area contributed by atoms with Crippen molar-refractivity contribution in [3.05, 3.63) is 34.3 Å². The number of rotatable bonds is 3. The minimum Gasteiger partial charge on any atom is -0.487 e. The minimum absolute atomic E-state index is 0.0994. The van der Waals surface area contributed by atoms with E-state index < -0.39 is 0 Å². The van der Waals surface area contributed by atoms with E-state index in [0.29, 0.717) is 6.54 Å². The number of ether oxygens (including phenoxy) is 1. The Morgan fingerprint density at radius 2 is 2.21 bits per heavy atom. The second kappa shape index (κ2) is 4.49. The van der Waals surface area contributed by atoms with E-state index in [-0.39, 0.29) is 5.60 Å². The van der Waals surface area contributed by atoms with Crippen LogP contribution in [0.25, 0.3) is 0 Å². The fraction of sp³-hybridized carbons (Fsp3) is 0.429. The number of aryl methyl sites for hydroxylation is 1. The topological polar surface area (TPSA) is 47.0 Å². The van der Waals surface area contributed by atoms with E-state index in [9.17, 15) is 0 Å². The molecule has 0 bridgehead atoms. The number of fused-ring (bicyclic) bond motifs is 1. The first-order valence-electron chi connectivity index (χ1n) is 6.37. The molecule has 100 valence electrons. The molecule has 0 atom stereocenters. The molecule has 1 aromatic heterocycles. The number of anilines is 1. The Labute approximate surface area is 116 Å². The van der Waals surface area contributed by atoms with Crippen LogP contribution in [0.5, 0.6) is 5.75 Å². The van der Waals surface area contributed by atoms with Crippen molar-refractivity contribution in [1.82, 2.24) is 10.2 Å². The number of para-hydroxylation sites is 1. The van der Waals surface area contributed by atoms with Crippen LogP contribution in [-0.2, 0) is 13.0 Å². The Bertz CT molecular complexity index is 606. The Kier molecular flexibility index (Phi) is 2.93. The average molecular weight is 275 g/mol. The molecule has 0 aliphatic carbocycles. The quantitative estimate of drug-likeness (QED) is 0.934. The molecular formula is C14H17N3OS. The lowest BCUT2D eigenvalue weighted by atomic mass is 10.0. The van der Waals surface area contributed by atoms with Gasteiger partial charge in [-0.2, -0.15) is 0 Å². The van der Waals surface area contributed by atoms with Crippen LogP contribution in [0.3, 0.4) is 0 Å². The molecule has 0 amide bonds. The standard InChI is InChI=1S/C14H17N3OS/c1-9-16-17-13(19-9)15-8-11-6-4-5-10-7-14(2,3)18-12(10)11/h4-6H,7-8H2,1-3H3,(H,15,17). The van der Waals surface area contributed by atoms with Gasteiger partial charge in [-0.05, 0) is 26.3 Å². The molecule has 1 aliphatic heterocycles. The van der Waals surface area contributed by atoms with Crippen LogP contribution >= 0.6 is 11.3 Å². The largest absolute Gasteiger partial charge is 0.487 e. The zero-order valence-corrected chi connectivity index (χ0v) is 12.2. The zero-order valence-electron chi connectivity index (χ0n) is 11.4. The third kappa shape index (κ3) is 2.56. The maximum Gasteiger partial charge on any atom is 0.205 e. The van der Waals surface area contributed by atoms with Crippen LogP contribution in [0.2, 0.25) is 0 Å². The molecule has 0 saturated heterocycles. The fourth-order valence-electron chi connectivity index (χ4n) is 2.36. The van der Waals surface area contributed by atoms with Crippen LogP contribution in [0, 0.1) is 6.92 Å². The van der Waals surface area contributed by atoms with Gasteiger partial charge in [-0.3, -0.25) is 0 Å². The van der Waals surface area contributed by atoms with Crippen molar-refractivity contribution in [3.63, 3.8) is 0 Å². The van der Waals surface area contributed by atoms with E-state index in [1.54, 1.807) is 11.3 Å². The summed E-state index contributed by atoms with van der Waals surface area (Å²) in [4.78, 5) is 0. The molecule has 0 fully saturated rings. The van der Waals surface area contributed by atoms with Crippen LogP contribution in [0.4, 0.5) is 5.13 Å². The summed E-state index contributed by atoms with van der Waals surface area (Å²) in [6.07, 6.45) is 0.966. The maximum atomic E-state index is 6.05. The lowest BCUT2D eigenvalue weighted by Crippen LogP contribution is -2.25. The van der Waals surface area contributed by atoms with E-state index in [4.69, 9.17) is 4.74 Å². The van der Waals surface area contributed by atoms with Crippen LogP contribution in [0.1, 0.15) is 30.0 Å². The number of benzene rings is 1. The Balaban J connectivity index is 1.78. The fourth-order valence-corrected chi connectivity index (χ4v) is 2.94. The van der Waals surface area contributed by atoms with Gasteiger partial charge in [0.2, 0.25) is 5.13 Å². The van der Waals surface area contributed by atoms with Gasteiger partial charge in [-0.15, -0.1) is 10.2 Å². The molecule has 2 aromatic rings. The van der Waals surface area contributed by atoms with Gasteiger partial charge < -0.3 is 10.1 Å². The lowest BCUT2D eigenvalue weighted by Gasteiger charge is -2.18. The number of hydrogen-bond donors (Lipinski definition) is 1. The molecule has 2 heterocycles. The Morgan fingerprint density at radius 3 is 2.95 bits per heavy atom. The number of hydrogen-bond acceptors (Lipinski definition) is 5. The van der Waals surface area contributed by atoms with Crippen molar-refractivity contribution in [2.45, 2.75) is 39.3 Å². The summed E-state index contributed by atoms with van der Waals surface area (Å²) in [5.41, 5.74) is 2.37. The molecule has 0 spiro atoms. The van der Waals surface area contributed by atoms with Crippen molar-refractivity contribution < 1.29 is 4.74 Å². The predicted molar refractivity (Wildman–Crippen MR) is 76.8 cm³/mol. The van der Waals surface area contributed by atoms with Gasteiger partial charge in [0.25, 0.3) is 0 Å². The van der Waals surface area contributed by atoms with Crippen LogP contribution in [-0.4, -0.2) is 15.8 Å². The smallest absolute Gasteiger partial charge is 0.205 e. The van der Waals surface area contributed by atoms with Crippen molar-refractivity contribution in [2.24, 2.45) is 0 Å². The molecule has 1 aromatic carbocycles. The molecule has 1 N–H and O–H groups in total. The normalized spacial score (nSPS) is 15.9. The molecular weight excluding hydrogens is 258 g/mol. The summed E-state index contributed by atoms with van der Waals surface area (Å²) >= 11 is 1.57. The van der Waals surface area contributed by atoms with Crippen molar-refractivity contribution in [2.75, 3.05) is 5.32 Å². The summed E-state index contributed by atoms with van der Waals surface area (Å²) in [5, 5.41) is 13.2. The molecule has 19 heavy (non-hydrogen) atoms. The molecule has 0 saturated carbocycles. The monoisotopic (exact) mass is 275 g/mol. The van der Waals surface area contributed by atoms with E-state index >= 15 is 0 Å². The van der Waals surface area contributed by atoms with Gasteiger partial charge in [0.05, 0.1) is 0 Å². The first-order valence-corrected chi connectivity index (χ1v) is 7.19. The Morgan fingerprint density at radius 1 is 1.37 bits per heavy atom. The van der Waals surface area contributed by atoms with Gasteiger partial charge in [0, 0.05) is 18.5 Å². The molecule has 1 aliphatic rings. The zero-order chi connectivity index (χ0) is 13.5. The lowest BCUT2D eigenvalue weighted by molar-refractivity contribution is 0.137. The summed E-state index contributed by atoms with van der Waals surface area (Å²) in [5.74, 6) is 1.03. The van der Waals surface area contributed by atoms with Gasteiger partial charge in [0.1, 0.15) is 16.4 Å². The summed E-state index contributed by atoms with van der Waals surface area (Å²) in [6, 6.07) is 6.33. The van der Waals surface area contributed by atoms with Crippen molar-refractivity contribution in [3.8, 4) is 5.75 Å². The molecule has 4 nitrogen and oxygen atoms in total. The predicted octanol–water partition coefficient (Wildman–Crippen LogP) is 3.17. The molecule has 3 rings (SSSR count). The number of nitrogens with one attached hydrogen (secondary N) is 1. The average Bonchev–Trinajstić information content (AvgIpc) is 2.88. The first kappa shape index (κ1) is 12.4. The van der Waals surface area contributed by atoms with Crippen molar-refractivity contribution in [1.29, 1.82) is 0 Å². The highest BCUT2D eigenvalue weighted by atomic mass is 32.1. The summed E-state index contributed by atoms with van der Waals surface area (Å²) in [7, 11) is 0. The van der Waals surface area contributed by atoms with Gasteiger partial charge in [-0.25, -0.2) is 0 Å². The van der Waals surface area contributed by atoms with Gasteiger partial charge in [0.15, 0.2) is 0 Å². The van der Waals surface area contributed by atoms with Crippen LogP contribution in [0.15, 0.2) is 18.2 Å². The SMILES string of the molecule is Cc1nnc(NCc2cccc3c2OC(C)(C)C3)s1. The number of nitrogens with zero attached hydrogens (tertiary/aromatic N) is 2. The molecule has 0 radical (unpaired) electrons. The van der Waals surface area contributed by atoms with Crippen molar-refractivity contribution >= 4 is 16.5 Å². The Hall–Kier alpha value is -1.62. The third-order valence-electron chi connectivity index (χ3n) is 3.13. The first-order chi connectivity index (χ1) is 9.03. The summed E-state index contributed by atoms with van der Waals surface area (Å²) < 4.78 is 6.05. The summed E-state index contributed by atoms with van der Waals surface area (Å²) in [6.45, 7) is 6.92. The number of aromatic nitrogens is 2. The molecule has 5 heteroatoms. The van der Waals surface area contributed by atoms with E-state index in [2.05, 4.69) is 47.6 Å². The highest BCUT2D eigenvalue weighted by Gasteiger charge is 2.31. The third-order valence-corrected chi connectivity index (χ3v) is 3.93. The highest BCUT2D eigenvalue weighted by molar-refractivity contribution is 7.15. The second-order valence-corrected chi connectivity index (χ2v) is 6.61. The van der Waals surface area contributed by atoms with E-state index in [1.165, 1.54) is 11.1 Å². The minimum atomic E-state index is -0.0994. The van der Waals surface area contributed by atoms with Gasteiger partial charge >= 0.3 is 0 Å². The highest BCUT2D eigenvalue weighted by Crippen LogP contribution is 2.37. The second-order valence-electron chi connectivity index (χ2n) is 5.42. The van der Waals surface area contributed by atoms with E-state index in [0.717, 1.165) is 22.3 Å². The maximum absolute atomic E-state index is 6.05. The van der Waals surface area contributed by atoms with Crippen LogP contribution < -0.4 is 10.1 Å². The van der Waals surface area contributed by atoms with E-state index in [1.807, 2.05) is 6.92 Å². The van der Waals surface area contributed by atoms with Gasteiger partial charge in [-0.1, -0.05) is 29.5 Å². The molecule has 0 unspecified atom stereocenters.